The van der Waals surface area contributed by atoms with E-state index in [4.69, 9.17) is 0 Å². The third-order valence-electron chi connectivity index (χ3n) is 5.96. The number of hydrogen-bond acceptors (Lipinski definition) is 4. The van der Waals surface area contributed by atoms with Crippen LogP contribution >= 0.6 is 0 Å². The Morgan fingerprint density at radius 2 is 2.00 bits per heavy atom. The summed E-state index contributed by atoms with van der Waals surface area (Å²) in [5.41, 5.74) is 1.90. The highest BCUT2D eigenvalue weighted by Crippen LogP contribution is 2.42. The van der Waals surface area contributed by atoms with E-state index in [-0.39, 0.29) is 24.3 Å². The van der Waals surface area contributed by atoms with E-state index in [1.54, 1.807) is 6.92 Å². The van der Waals surface area contributed by atoms with E-state index in [9.17, 15) is 14.4 Å². The number of hydrogen-bond donors (Lipinski definition) is 2. The van der Waals surface area contributed by atoms with Crippen LogP contribution < -0.4 is 10.6 Å². The van der Waals surface area contributed by atoms with Crippen molar-refractivity contribution >= 4 is 17.8 Å². The molecule has 1 aromatic carbocycles. The first-order valence-electron chi connectivity index (χ1n) is 9.67. The maximum absolute atomic E-state index is 12.5. The second kappa shape index (κ2) is 6.96. The highest BCUT2D eigenvalue weighted by molar-refractivity contribution is 6.09. The van der Waals surface area contributed by atoms with E-state index in [2.05, 4.69) is 39.8 Å². The Balaban J connectivity index is 1.24. The van der Waals surface area contributed by atoms with Crippen LogP contribution in [0.5, 0.6) is 0 Å². The number of carbonyl (C=O) groups is 3. The normalized spacial score (nSPS) is 25.3. The number of urea groups is 1. The number of fused-ring (bicyclic) bond motifs is 1. The van der Waals surface area contributed by atoms with E-state index in [0.717, 1.165) is 43.8 Å². The van der Waals surface area contributed by atoms with Gasteiger partial charge in [-0.3, -0.25) is 19.4 Å². The van der Waals surface area contributed by atoms with E-state index < -0.39 is 11.6 Å². The molecule has 1 atom stereocenters. The van der Waals surface area contributed by atoms with Crippen LogP contribution in [0.15, 0.2) is 24.3 Å². The zero-order valence-electron chi connectivity index (χ0n) is 15.7. The van der Waals surface area contributed by atoms with Gasteiger partial charge < -0.3 is 10.6 Å². The third kappa shape index (κ3) is 3.56. The second-order valence-corrected chi connectivity index (χ2v) is 7.94. The minimum Gasteiger partial charge on any atom is -0.353 e. The van der Waals surface area contributed by atoms with Crippen molar-refractivity contribution in [1.29, 1.82) is 0 Å². The highest BCUT2D eigenvalue weighted by atomic mass is 16.2. The molecule has 7 heteroatoms. The molecule has 1 aromatic rings. The van der Waals surface area contributed by atoms with Crippen LogP contribution in [0.25, 0.3) is 0 Å². The van der Waals surface area contributed by atoms with Crippen LogP contribution in [-0.4, -0.2) is 59.4 Å². The van der Waals surface area contributed by atoms with Gasteiger partial charge in [-0.1, -0.05) is 24.3 Å². The Hall–Kier alpha value is -2.41. The van der Waals surface area contributed by atoms with Crippen LogP contribution in [0.3, 0.4) is 0 Å². The third-order valence-corrected chi connectivity index (χ3v) is 5.96. The minimum atomic E-state index is -0.835. The van der Waals surface area contributed by atoms with Crippen LogP contribution in [0, 0.1) is 5.92 Å². The van der Waals surface area contributed by atoms with E-state index in [1.807, 2.05) is 0 Å². The van der Waals surface area contributed by atoms with Crippen molar-refractivity contribution in [3.63, 3.8) is 0 Å². The van der Waals surface area contributed by atoms with Crippen molar-refractivity contribution in [3.05, 3.63) is 35.4 Å². The molecule has 2 fully saturated rings. The van der Waals surface area contributed by atoms with Gasteiger partial charge in [0.05, 0.1) is 0 Å². The average molecular weight is 370 g/mol. The lowest BCUT2D eigenvalue weighted by molar-refractivity contribution is -0.135. The minimum absolute atomic E-state index is 0.198. The monoisotopic (exact) mass is 370 g/mol. The molecule has 3 aliphatic rings. The fraction of sp³-hybridized carbons (Fsp3) is 0.550. The van der Waals surface area contributed by atoms with E-state index >= 15 is 0 Å². The Morgan fingerprint density at radius 1 is 1.26 bits per heavy atom. The summed E-state index contributed by atoms with van der Waals surface area (Å²) in [4.78, 5) is 40.2. The second-order valence-electron chi connectivity index (χ2n) is 7.94. The molecule has 4 rings (SSSR count). The first-order valence-corrected chi connectivity index (χ1v) is 9.67. The number of nitrogens with one attached hydrogen (secondary N) is 2. The maximum atomic E-state index is 12.5. The molecule has 1 unspecified atom stereocenters. The standard InChI is InChI=1S/C20H26N4O3/c1-20(16-6-7-16)18(26)24(19(27)22-20)13-17(25)21-9-11-23-10-8-14-4-2-3-5-15(14)12-23/h2-5,16H,6-13H2,1H3,(H,21,25)(H,22,27). The quantitative estimate of drug-likeness (QED) is 0.729. The number of imide groups is 1. The predicted molar refractivity (Wildman–Crippen MR) is 99.8 cm³/mol. The maximum Gasteiger partial charge on any atom is 0.325 e. The Kier molecular flexibility index (Phi) is 4.63. The summed E-state index contributed by atoms with van der Waals surface area (Å²) < 4.78 is 0. The molecule has 1 saturated carbocycles. The molecule has 1 saturated heterocycles. The lowest BCUT2D eigenvalue weighted by Crippen LogP contribution is -2.47. The Bertz CT molecular complexity index is 776. The van der Waals surface area contributed by atoms with Crippen LogP contribution in [-0.2, 0) is 22.6 Å². The zero-order chi connectivity index (χ0) is 19.0. The lowest BCUT2D eigenvalue weighted by atomic mass is 9.96. The van der Waals surface area contributed by atoms with Gasteiger partial charge in [0.1, 0.15) is 12.1 Å². The molecule has 0 bridgehead atoms. The molecule has 2 heterocycles. The number of carbonyl (C=O) groups excluding carboxylic acids is 3. The van der Waals surface area contributed by atoms with Crippen molar-refractivity contribution in [3.8, 4) is 0 Å². The summed E-state index contributed by atoms with van der Waals surface area (Å²) in [5, 5.41) is 5.60. The SMILES string of the molecule is CC1(C2CC2)NC(=O)N(CC(=O)NCCN2CCc3ccccc3C2)C1=O. The van der Waals surface area contributed by atoms with Gasteiger partial charge in [-0.15, -0.1) is 0 Å². The summed E-state index contributed by atoms with van der Waals surface area (Å²) in [6, 6.07) is 7.98. The fourth-order valence-electron chi connectivity index (χ4n) is 4.09. The van der Waals surface area contributed by atoms with Crippen molar-refractivity contribution in [1.82, 2.24) is 20.4 Å². The molecule has 27 heavy (non-hydrogen) atoms. The number of benzene rings is 1. The fourth-order valence-corrected chi connectivity index (χ4v) is 4.09. The molecule has 4 amide bonds. The molecule has 7 nitrogen and oxygen atoms in total. The topological polar surface area (TPSA) is 81.8 Å². The Labute approximate surface area is 159 Å². The molecular formula is C20H26N4O3. The summed E-state index contributed by atoms with van der Waals surface area (Å²) >= 11 is 0. The molecule has 144 valence electrons. The molecule has 2 aliphatic heterocycles. The van der Waals surface area contributed by atoms with Crippen LogP contribution in [0.2, 0.25) is 0 Å². The van der Waals surface area contributed by atoms with Gasteiger partial charge in [0.2, 0.25) is 5.91 Å². The molecular weight excluding hydrogens is 344 g/mol. The average Bonchev–Trinajstić information content (AvgIpc) is 3.48. The van der Waals surface area contributed by atoms with Crippen LogP contribution in [0.1, 0.15) is 30.9 Å². The molecule has 1 aliphatic carbocycles. The summed E-state index contributed by atoms with van der Waals surface area (Å²) in [6.45, 7) is 4.66. The van der Waals surface area contributed by atoms with E-state index in [0.29, 0.717) is 6.54 Å². The molecule has 0 aromatic heterocycles. The first kappa shape index (κ1) is 18.0. The summed E-state index contributed by atoms with van der Waals surface area (Å²) in [7, 11) is 0. The van der Waals surface area contributed by atoms with Gasteiger partial charge in [-0.05, 0) is 43.2 Å². The first-order chi connectivity index (χ1) is 13.0. The van der Waals surface area contributed by atoms with Gasteiger partial charge in [-0.25, -0.2) is 4.79 Å². The van der Waals surface area contributed by atoms with Crippen molar-refractivity contribution in [2.75, 3.05) is 26.2 Å². The molecule has 2 N–H and O–H groups in total. The zero-order valence-corrected chi connectivity index (χ0v) is 15.7. The van der Waals surface area contributed by atoms with Crippen molar-refractivity contribution < 1.29 is 14.4 Å². The van der Waals surface area contributed by atoms with Gasteiger partial charge in [0.25, 0.3) is 5.91 Å². The van der Waals surface area contributed by atoms with Gasteiger partial charge in [0.15, 0.2) is 0 Å². The molecule has 0 radical (unpaired) electrons. The summed E-state index contributed by atoms with van der Waals surface area (Å²) in [6.07, 6.45) is 2.91. The number of nitrogens with zero attached hydrogens (tertiary/aromatic N) is 2. The van der Waals surface area contributed by atoms with Crippen LogP contribution in [0.4, 0.5) is 4.79 Å². The smallest absolute Gasteiger partial charge is 0.325 e. The number of amides is 4. The predicted octanol–water partition coefficient (Wildman–Crippen LogP) is 0.881. The van der Waals surface area contributed by atoms with Gasteiger partial charge in [-0.2, -0.15) is 0 Å². The highest BCUT2D eigenvalue weighted by Gasteiger charge is 2.56. The Morgan fingerprint density at radius 3 is 2.74 bits per heavy atom. The van der Waals surface area contributed by atoms with E-state index in [1.165, 1.54) is 11.1 Å². The summed E-state index contributed by atoms with van der Waals surface area (Å²) in [5.74, 6) is -0.377. The van der Waals surface area contributed by atoms with Crippen molar-refractivity contribution in [2.45, 2.75) is 38.3 Å². The molecule has 0 spiro atoms. The largest absolute Gasteiger partial charge is 0.353 e. The van der Waals surface area contributed by atoms with Gasteiger partial charge >= 0.3 is 6.03 Å². The number of rotatable bonds is 6. The van der Waals surface area contributed by atoms with Gasteiger partial charge in [0, 0.05) is 26.2 Å². The van der Waals surface area contributed by atoms with Crippen molar-refractivity contribution in [2.24, 2.45) is 5.92 Å². The lowest BCUT2D eigenvalue weighted by Gasteiger charge is -2.28.